The largest absolute Gasteiger partial charge is 0.378 e. The predicted molar refractivity (Wildman–Crippen MR) is 115 cm³/mol. The lowest BCUT2D eigenvalue weighted by Crippen LogP contribution is -2.32. The Morgan fingerprint density at radius 2 is 1.71 bits per heavy atom. The Morgan fingerprint density at radius 3 is 2.32 bits per heavy atom. The Labute approximate surface area is 167 Å². The number of nitrogens with one attached hydrogen (secondary N) is 2. The highest BCUT2D eigenvalue weighted by atomic mass is 16.2. The zero-order valence-corrected chi connectivity index (χ0v) is 17.2. The molecule has 0 saturated heterocycles. The number of rotatable bonds is 9. The summed E-state index contributed by atoms with van der Waals surface area (Å²) in [5.74, 6) is -0.241. The number of likely N-dealkylation sites (N-methyl/N-ethyl adjacent to an activating group) is 1. The van der Waals surface area contributed by atoms with E-state index in [0.717, 1.165) is 12.2 Å². The number of hydrogen-bond donors (Lipinski definition) is 2. The van der Waals surface area contributed by atoms with Crippen molar-refractivity contribution in [3.05, 3.63) is 59.7 Å². The second-order valence-electron chi connectivity index (χ2n) is 6.85. The van der Waals surface area contributed by atoms with Crippen LogP contribution in [0, 0.1) is 0 Å². The zero-order chi connectivity index (χ0) is 20.5. The summed E-state index contributed by atoms with van der Waals surface area (Å²) in [5, 5.41) is 5.65. The fraction of sp³-hybridized carbons (Fsp3) is 0.364. The molecule has 0 spiro atoms. The van der Waals surface area contributed by atoms with E-state index < -0.39 is 0 Å². The van der Waals surface area contributed by atoms with Gasteiger partial charge in [-0.15, -0.1) is 0 Å². The van der Waals surface area contributed by atoms with Crippen LogP contribution < -0.4 is 15.5 Å². The van der Waals surface area contributed by atoms with Gasteiger partial charge in [0, 0.05) is 44.1 Å². The molecular formula is C22H30N4O2. The SMILES string of the molecule is CCNC(=O)c1cccc(NC(=O)CN(CC)Cc2ccc(N(C)C)cc2)c1. The van der Waals surface area contributed by atoms with Crippen molar-refractivity contribution < 1.29 is 9.59 Å². The molecule has 2 N–H and O–H groups in total. The fourth-order valence-electron chi connectivity index (χ4n) is 2.84. The van der Waals surface area contributed by atoms with Crippen LogP contribution in [0.25, 0.3) is 0 Å². The molecule has 0 aliphatic carbocycles. The van der Waals surface area contributed by atoms with Gasteiger partial charge < -0.3 is 15.5 Å². The zero-order valence-electron chi connectivity index (χ0n) is 17.2. The van der Waals surface area contributed by atoms with Crippen molar-refractivity contribution >= 4 is 23.2 Å². The maximum absolute atomic E-state index is 12.5. The molecule has 2 rings (SSSR count). The van der Waals surface area contributed by atoms with Gasteiger partial charge in [0.15, 0.2) is 0 Å². The average molecular weight is 383 g/mol. The average Bonchev–Trinajstić information content (AvgIpc) is 2.68. The quantitative estimate of drug-likeness (QED) is 0.700. The molecule has 150 valence electrons. The van der Waals surface area contributed by atoms with E-state index in [1.165, 1.54) is 5.56 Å². The second-order valence-corrected chi connectivity index (χ2v) is 6.85. The first-order valence-electron chi connectivity index (χ1n) is 9.59. The van der Waals surface area contributed by atoms with Crippen LogP contribution in [0.4, 0.5) is 11.4 Å². The smallest absolute Gasteiger partial charge is 0.251 e. The molecule has 0 aromatic heterocycles. The Morgan fingerprint density at radius 1 is 1.00 bits per heavy atom. The van der Waals surface area contributed by atoms with E-state index in [4.69, 9.17) is 0 Å². The summed E-state index contributed by atoms with van der Waals surface area (Å²) >= 11 is 0. The van der Waals surface area contributed by atoms with E-state index in [-0.39, 0.29) is 18.4 Å². The fourth-order valence-corrected chi connectivity index (χ4v) is 2.84. The van der Waals surface area contributed by atoms with Crippen molar-refractivity contribution in [2.24, 2.45) is 0 Å². The van der Waals surface area contributed by atoms with Gasteiger partial charge in [-0.25, -0.2) is 0 Å². The third kappa shape index (κ3) is 6.39. The molecule has 0 atom stereocenters. The molecule has 2 amide bonds. The van der Waals surface area contributed by atoms with Gasteiger partial charge in [-0.1, -0.05) is 25.1 Å². The molecule has 2 aromatic carbocycles. The van der Waals surface area contributed by atoms with E-state index >= 15 is 0 Å². The maximum Gasteiger partial charge on any atom is 0.251 e. The van der Waals surface area contributed by atoms with Gasteiger partial charge in [0.25, 0.3) is 5.91 Å². The minimum atomic E-state index is -0.144. The van der Waals surface area contributed by atoms with Crippen molar-refractivity contribution in [2.75, 3.05) is 43.9 Å². The number of hydrogen-bond acceptors (Lipinski definition) is 4. The van der Waals surface area contributed by atoms with Gasteiger partial charge in [-0.3, -0.25) is 14.5 Å². The summed E-state index contributed by atoms with van der Waals surface area (Å²) in [6, 6.07) is 15.3. The monoisotopic (exact) mass is 382 g/mol. The van der Waals surface area contributed by atoms with Gasteiger partial charge in [0.05, 0.1) is 6.54 Å². The standard InChI is InChI=1S/C22H30N4O2/c1-5-23-22(28)18-8-7-9-19(14-18)24-21(27)16-26(6-2)15-17-10-12-20(13-11-17)25(3)4/h7-14H,5-6,15-16H2,1-4H3,(H,23,28)(H,24,27). The van der Waals surface area contributed by atoms with Crippen molar-refractivity contribution in [1.29, 1.82) is 0 Å². The minimum Gasteiger partial charge on any atom is -0.378 e. The summed E-state index contributed by atoms with van der Waals surface area (Å²) in [4.78, 5) is 28.5. The number of anilines is 2. The van der Waals surface area contributed by atoms with Crippen molar-refractivity contribution in [2.45, 2.75) is 20.4 Å². The molecule has 2 aromatic rings. The van der Waals surface area contributed by atoms with E-state index in [1.807, 2.05) is 27.9 Å². The lowest BCUT2D eigenvalue weighted by molar-refractivity contribution is -0.117. The Kier molecular flexibility index (Phi) is 8.02. The van der Waals surface area contributed by atoms with Crippen LogP contribution in [-0.2, 0) is 11.3 Å². The van der Waals surface area contributed by atoms with Crippen LogP contribution in [0.15, 0.2) is 48.5 Å². The summed E-state index contributed by atoms with van der Waals surface area (Å²) in [7, 11) is 4.02. The normalized spacial score (nSPS) is 10.6. The maximum atomic E-state index is 12.5. The van der Waals surface area contributed by atoms with Crippen LogP contribution in [0.2, 0.25) is 0 Å². The molecule has 6 heteroatoms. The van der Waals surface area contributed by atoms with E-state index in [1.54, 1.807) is 24.3 Å². The first-order valence-corrected chi connectivity index (χ1v) is 9.59. The van der Waals surface area contributed by atoms with Crippen molar-refractivity contribution in [3.8, 4) is 0 Å². The van der Waals surface area contributed by atoms with Gasteiger partial charge in [-0.2, -0.15) is 0 Å². The van der Waals surface area contributed by atoms with Gasteiger partial charge in [-0.05, 0) is 49.4 Å². The molecule has 0 heterocycles. The molecule has 28 heavy (non-hydrogen) atoms. The number of carbonyl (C=O) groups excluding carboxylic acids is 2. The van der Waals surface area contributed by atoms with Gasteiger partial charge in [0.1, 0.15) is 0 Å². The summed E-state index contributed by atoms with van der Waals surface area (Å²) in [5.41, 5.74) is 3.48. The molecule has 0 saturated carbocycles. The molecule has 6 nitrogen and oxygen atoms in total. The van der Waals surface area contributed by atoms with Gasteiger partial charge in [0.2, 0.25) is 5.91 Å². The lowest BCUT2D eigenvalue weighted by Gasteiger charge is -2.21. The predicted octanol–water partition coefficient (Wildman–Crippen LogP) is 2.96. The van der Waals surface area contributed by atoms with Gasteiger partial charge >= 0.3 is 0 Å². The highest BCUT2D eigenvalue weighted by molar-refractivity contribution is 5.97. The summed E-state index contributed by atoms with van der Waals surface area (Å²) in [6.45, 7) is 6.24. The lowest BCUT2D eigenvalue weighted by atomic mass is 10.1. The molecule has 0 unspecified atom stereocenters. The molecule has 0 radical (unpaired) electrons. The second kappa shape index (κ2) is 10.5. The van der Waals surface area contributed by atoms with Crippen molar-refractivity contribution in [1.82, 2.24) is 10.2 Å². The molecular weight excluding hydrogens is 352 g/mol. The highest BCUT2D eigenvalue weighted by Gasteiger charge is 2.11. The number of amides is 2. The first kappa shape index (κ1) is 21.4. The Balaban J connectivity index is 1.95. The topological polar surface area (TPSA) is 64.7 Å². The Hall–Kier alpha value is -2.86. The first-order chi connectivity index (χ1) is 13.4. The third-order valence-corrected chi connectivity index (χ3v) is 4.42. The van der Waals surface area contributed by atoms with Crippen molar-refractivity contribution in [3.63, 3.8) is 0 Å². The van der Waals surface area contributed by atoms with Crippen LogP contribution in [0.3, 0.4) is 0 Å². The van der Waals surface area contributed by atoms with E-state index in [2.05, 4.69) is 44.7 Å². The van der Waals surface area contributed by atoms with Crippen LogP contribution in [-0.4, -0.2) is 50.4 Å². The highest BCUT2D eigenvalue weighted by Crippen LogP contribution is 2.14. The summed E-state index contributed by atoms with van der Waals surface area (Å²) in [6.07, 6.45) is 0. The summed E-state index contributed by atoms with van der Waals surface area (Å²) < 4.78 is 0. The molecule has 0 aliphatic heterocycles. The third-order valence-electron chi connectivity index (χ3n) is 4.42. The number of nitrogens with zero attached hydrogens (tertiary/aromatic N) is 2. The van der Waals surface area contributed by atoms with Crippen LogP contribution >= 0.6 is 0 Å². The van der Waals surface area contributed by atoms with E-state index in [9.17, 15) is 9.59 Å². The molecule has 0 bridgehead atoms. The van der Waals surface area contributed by atoms with E-state index in [0.29, 0.717) is 24.3 Å². The molecule has 0 aliphatic rings. The van der Waals surface area contributed by atoms with Crippen LogP contribution in [0.1, 0.15) is 29.8 Å². The Bertz CT molecular complexity index is 787. The number of benzene rings is 2. The molecule has 0 fully saturated rings. The van der Waals surface area contributed by atoms with Crippen LogP contribution in [0.5, 0.6) is 0 Å². The number of carbonyl (C=O) groups is 2. The minimum absolute atomic E-state index is 0.0974.